The van der Waals surface area contributed by atoms with Gasteiger partial charge in [-0.2, -0.15) is 10.2 Å². The minimum Gasteiger partial charge on any atom is -0.454 e. The molecule has 30 heavy (non-hydrogen) atoms. The summed E-state index contributed by atoms with van der Waals surface area (Å²) in [6.07, 6.45) is 2.22. The first-order chi connectivity index (χ1) is 14.4. The Morgan fingerprint density at radius 3 is 2.60 bits per heavy atom. The lowest BCUT2D eigenvalue weighted by Gasteiger charge is -2.28. The predicted molar refractivity (Wildman–Crippen MR) is 110 cm³/mol. The van der Waals surface area contributed by atoms with Crippen molar-refractivity contribution in [1.29, 1.82) is 0 Å². The standard InChI is InChI=1S/C20H14Cl2N4O4/c21-17-9-14(26(28)29)10-18(22)19(17)30-15-3-4-16-12(8-15)5-7-25(20(16)27)11-13-2-1-6-23-24-13/h1-4,6,8-10H,5,7,11H2. The summed E-state index contributed by atoms with van der Waals surface area (Å²) in [5.41, 5.74) is 1.91. The molecule has 0 aliphatic carbocycles. The van der Waals surface area contributed by atoms with Crippen LogP contribution in [0.15, 0.2) is 48.7 Å². The zero-order valence-electron chi connectivity index (χ0n) is 15.4. The molecule has 2 heterocycles. The van der Waals surface area contributed by atoms with Gasteiger partial charge < -0.3 is 9.64 Å². The lowest BCUT2D eigenvalue weighted by molar-refractivity contribution is -0.384. The van der Waals surface area contributed by atoms with Gasteiger partial charge in [-0.1, -0.05) is 23.2 Å². The van der Waals surface area contributed by atoms with Crippen LogP contribution in [0.25, 0.3) is 0 Å². The van der Waals surface area contributed by atoms with Crippen molar-refractivity contribution in [3.05, 3.63) is 85.6 Å². The SMILES string of the molecule is O=C1c2ccc(Oc3c(Cl)cc([N+](=O)[O-])cc3Cl)cc2CCN1Cc1cccnn1. The molecular weight excluding hydrogens is 431 g/mol. The molecule has 8 nitrogen and oxygen atoms in total. The number of rotatable bonds is 5. The summed E-state index contributed by atoms with van der Waals surface area (Å²) < 4.78 is 5.77. The van der Waals surface area contributed by atoms with E-state index < -0.39 is 4.92 Å². The van der Waals surface area contributed by atoms with Crippen molar-refractivity contribution in [3.63, 3.8) is 0 Å². The summed E-state index contributed by atoms with van der Waals surface area (Å²) in [6.45, 7) is 0.920. The maximum atomic E-state index is 12.8. The van der Waals surface area contributed by atoms with Gasteiger partial charge in [-0.25, -0.2) is 0 Å². The Morgan fingerprint density at radius 2 is 1.93 bits per heavy atom. The topological polar surface area (TPSA) is 98.5 Å². The number of nitro benzene ring substituents is 1. The van der Waals surface area contributed by atoms with Gasteiger partial charge in [-0.15, -0.1) is 0 Å². The van der Waals surface area contributed by atoms with Crippen molar-refractivity contribution >= 4 is 34.8 Å². The number of aromatic nitrogens is 2. The fourth-order valence-corrected chi connectivity index (χ4v) is 3.76. The van der Waals surface area contributed by atoms with Gasteiger partial charge in [0.1, 0.15) is 5.75 Å². The highest BCUT2D eigenvalue weighted by Crippen LogP contribution is 2.40. The molecule has 1 aliphatic rings. The Bertz CT molecular complexity index is 1120. The summed E-state index contributed by atoms with van der Waals surface area (Å²) in [4.78, 5) is 24.9. The first kappa shape index (κ1) is 20.1. The highest BCUT2D eigenvalue weighted by Gasteiger charge is 2.25. The van der Waals surface area contributed by atoms with E-state index in [4.69, 9.17) is 27.9 Å². The van der Waals surface area contributed by atoms with Crippen LogP contribution in [0, 0.1) is 10.1 Å². The second kappa shape index (κ2) is 8.25. The Hall–Kier alpha value is -3.23. The Morgan fingerprint density at radius 1 is 1.17 bits per heavy atom. The Balaban J connectivity index is 1.55. The number of non-ortho nitro benzene ring substituents is 1. The molecule has 0 fully saturated rings. The molecule has 1 aromatic heterocycles. The highest BCUT2D eigenvalue weighted by molar-refractivity contribution is 6.37. The van der Waals surface area contributed by atoms with Crippen LogP contribution in [0.3, 0.4) is 0 Å². The van der Waals surface area contributed by atoms with Gasteiger partial charge in [0.05, 0.1) is 27.2 Å². The number of hydrogen-bond donors (Lipinski definition) is 0. The van der Waals surface area contributed by atoms with Crippen LogP contribution in [0.2, 0.25) is 10.0 Å². The normalized spacial score (nSPS) is 13.1. The second-order valence-electron chi connectivity index (χ2n) is 6.61. The van der Waals surface area contributed by atoms with Gasteiger partial charge in [0.25, 0.3) is 11.6 Å². The van der Waals surface area contributed by atoms with Crippen LogP contribution >= 0.6 is 23.2 Å². The van der Waals surface area contributed by atoms with Crippen LogP contribution in [-0.4, -0.2) is 32.5 Å². The van der Waals surface area contributed by atoms with Crippen LogP contribution in [-0.2, 0) is 13.0 Å². The van der Waals surface area contributed by atoms with Crippen molar-refractivity contribution < 1.29 is 14.5 Å². The fourth-order valence-electron chi connectivity index (χ4n) is 3.21. The molecule has 0 bridgehead atoms. The molecule has 2 aromatic carbocycles. The smallest absolute Gasteiger partial charge is 0.272 e. The molecule has 3 aromatic rings. The number of carbonyl (C=O) groups excluding carboxylic acids is 1. The number of benzene rings is 2. The maximum absolute atomic E-state index is 12.8. The average Bonchev–Trinajstić information content (AvgIpc) is 2.73. The molecule has 0 atom stereocenters. The number of carbonyl (C=O) groups is 1. The van der Waals surface area contributed by atoms with Gasteiger partial charge in [-0.3, -0.25) is 14.9 Å². The zero-order chi connectivity index (χ0) is 21.3. The van der Waals surface area contributed by atoms with Gasteiger partial charge in [0, 0.05) is 30.4 Å². The molecule has 1 aliphatic heterocycles. The lowest BCUT2D eigenvalue weighted by atomic mass is 9.98. The van der Waals surface area contributed by atoms with Crippen molar-refractivity contribution in [2.45, 2.75) is 13.0 Å². The summed E-state index contributed by atoms with van der Waals surface area (Å²) in [5.74, 6) is 0.455. The monoisotopic (exact) mass is 444 g/mol. The van der Waals surface area contributed by atoms with Gasteiger partial charge in [-0.05, 0) is 42.3 Å². The molecule has 0 spiro atoms. The van der Waals surface area contributed by atoms with Crippen molar-refractivity contribution in [2.24, 2.45) is 0 Å². The van der Waals surface area contributed by atoms with Crippen LogP contribution in [0.5, 0.6) is 11.5 Å². The molecular formula is C20H14Cl2N4O4. The number of fused-ring (bicyclic) bond motifs is 1. The van der Waals surface area contributed by atoms with E-state index >= 15 is 0 Å². The highest BCUT2D eigenvalue weighted by atomic mass is 35.5. The molecule has 0 unspecified atom stereocenters. The lowest BCUT2D eigenvalue weighted by Crippen LogP contribution is -2.37. The molecule has 0 radical (unpaired) electrons. The molecule has 152 valence electrons. The molecule has 0 saturated heterocycles. The maximum Gasteiger partial charge on any atom is 0.272 e. The van der Waals surface area contributed by atoms with Crippen molar-refractivity contribution in [3.8, 4) is 11.5 Å². The average molecular weight is 445 g/mol. The van der Waals surface area contributed by atoms with E-state index in [9.17, 15) is 14.9 Å². The van der Waals surface area contributed by atoms with Gasteiger partial charge >= 0.3 is 0 Å². The summed E-state index contributed by atoms with van der Waals surface area (Å²) >= 11 is 12.2. The van der Waals surface area contributed by atoms with E-state index in [2.05, 4.69) is 10.2 Å². The van der Waals surface area contributed by atoms with Gasteiger partial charge in [0.15, 0.2) is 5.75 Å². The largest absolute Gasteiger partial charge is 0.454 e. The minimum absolute atomic E-state index is 0.0261. The number of hydrogen-bond acceptors (Lipinski definition) is 6. The molecule has 0 saturated carbocycles. The summed E-state index contributed by atoms with van der Waals surface area (Å²) in [7, 11) is 0. The van der Waals surface area contributed by atoms with Crippen molar-refractivity contribution in [2.75, 3.05) is 6.54 Å². The zero-order valence-corrected chi connectivity index (χ0v) is 16.9. The Labute approximate surface area is 181 Å². The van der Waals surface area contributed by atoms with Crippen molar-refractivity contribution in [1.82, 2.24) is 15.1 Å². The summed E-state index contributed by atoms with van der Waals surface area (Å²) in [5, 5.41) is 18.8. The van der Waals surface area contributed by atoms with E-state index in [0.29, 0.717) is 30.8 Å². The van der Waals surface area contributed by atoms with Crippen LogP contribution < -0.4 is 4.74 Å². The van der Waals surface area contributed by atoms with Gasteiger partial charge in [0.2, 0.25) is 0 Å². The quantitative estimate of drug-likeness (QED) is 0.418. The number of ether oxygens (including phenoxy) is 1. The van der Waals surface area contributed by atoms with E-state index in [0.717, 1.165) is 11.3 Å². The molecule has 10 heteroatoms. The first-order valence-corrected chi connectivity index (χ1v) is 9.68. The van der Waals surface area contributed by atoms with E-state index in [1.807, 2.05) is 6.07 Å². The minimum atomic E-state index is -0.584. The molecule has 1 amide bonds. The number of halogens is 2. The fraction of sp³-hybridized carbons (Fsp3) is 0.150. The van der Waals surface area contributed by atoms with Crippen LogP contribution in [0.1, 0.15) is 21.6 Å². The first-order valence-electron chi connectivity index (χ1n) is 8.92. The molecule has 4 rings (SSSR count). The van der Waals surface area contributed by atoms with E-state index in [1.54, 1.807) is 35.4 Å². The molecule has 0 N–H and O–H groups in total. The van der Waals surface area contributed by atoms with E-state index in [1.165, 1.54) is 12.1 Å². The van der Waals surface area contributed by atoms with Crippen LogP contribution in [0.4, 0.5) is 5.69 Å². The predicted octanol–water partition coefficient (Wildman–Crippen LogP) is 4.68. The summed E-state index contributed by atoms with van der Waals surface area (Å²) in [6, 6.07) is 11.0. The van der Waals surface area contributed by atoms with E-state index in [-0.39, 0.29) is 27.4 Å². The number of nitro groups is 1. The number of nitrogens with zero attached hydrogens (tertiary/aromatic N) is 4. The third kappa shape index (κ3) is 4.05. The Kier molecular flexibility index (Phi) is 5.52. The third-order valence-electron chi connectivity index (χ3n) is 4.64. The number of amides is 1. The third-order valence-corrected chi connectivity index (χ3v) is 5.20. The second-order valence-corrected chi connectivity index (χ2v) is 7.42.